The Kier molecular flexibility index (Phi) is 4.63. The van der Waals surface area contributed by atoms with E-state index in [9.17, 15) is 8.42 Å². The van der Waals surface area contributed by atoms with Crippen molar-refractivity contribution in [1.29, 1.82) is 0 Å². The van der Waals surface area contributed by atoms with Crippen LogP contribution in [0.1, 0.15) is 6.42 Å². The Morgan fingerprint density at radius 2 is 2.09 bits per heavy atom. The summed E-state index contributed by atoms with van der Waals surface area (Å²) < 4.78 is 26.0. The topological polar surface area (TPSA) is 69.4 Å². The van der Waals surface area contributed by atoms with E-state index in [1.54, 1.807) is 7.11 Å². The van der Waals surface area contributed by atoms with Crippen LogP contribution < -0.4 is 5.73 Å². The number of rotatable bonds is 5. The van der Waals surface area contributed by atoms with Crippen LogP contribution in [0.25, 0.3) is 0 Å². The van der Waals surface area contributed by atoms with Gasteiger partial charge in [-0.1, -0.05) is 0 Å². The molecule has 5 heteroatoms. The van der Waals surface area contributed by atoms with E-state index in [1.165, 1.54) is 6.26 Å². The Morgan fingerprint density at radius 1 is 1.55 bits per heavy atom. The van der Waals surface area contributed by atoms with Crippen LogP contribution in [-0.2, 0) is 14.6 Å². The second kappa shape index (κ2) is 4.69. The van der Waals surface area contributed by atoms with Crippen molar-refractivity contribution in [2.75, 3.05) is 25.7 Å². The first-order valence-electron chi connectivity index (χ1n) is 3.38. The van der Waals surface area contributed by atoms with Crippen LogP contribution in [0.15, 0.2) is 0 Å². The van der Waals surface area contributed by atoms with Crippen LogP contribution in [0.5, 0.6) is 0 Å². The molecule has 1 atom stereocenters. The molecule has 0 aromatic rings. The number of ether oxygens (including phenoxy) is 1. The van der Waals surface area contributed by atoms with Gasteiger partial charge in [0.15, 0.2) is 0 Å². The second-order valence-electron chi connectivity index (χ2n) is 2.63. The normalized spacial score (nSPS) is 14.8. The number of nitrogens with two attached hydrogens (primary N) is 1. The van der Waals surface area contributed by atoms with Gasteiger partial charge in [0.1, 0.15) is 9.84 Å². The van der Waals surface area contributed by atoms with Crippen molar-refractivity contribution in [1.82, 2.24) is 0 Å². The molecule has 0 amide bonds. The highest BCUT2D eigenvalue weighted by Gasteiger charge is 2.06. The van der Waals surface area contributed by atoms with Gasteiger partial charge >= 0.3 is 0 Å². The van der Waals surface area contributed by atoms with E-state index in [2.05, 4.69) is 0 Å². The number of hydrogen-bond acceptors (Lipinski definition) is 4. The maximum absolute atomic E-state index is 10.6. The maximum atomic E-state index is 10.6. The molecular formula is C6H15NO3S. The van der Waals surface area contributed by atoms with E-state index in [0.29, 0.717) is 13.0 Å². The molecule has 0 fully saturated rings. The molecule has 0 aromatic heterocycles. The molecule has 0 saturated carbocycles. The standard InChI is InChI=1S/C6H15NO3S/c1-10-5-6(7)3-4-11(2,8)9/h6H,3-5,7H2,1-2H3/t6-/m0/s1. The van der Waals surface area contributed by atoms with Gasteiger partial charge in [0.25, 0.3) is 0 Å². The Labute approximate surface area is 67.6 Å². The van der Waals surface area contributed by atoms with Crippen molar-refractivity contribution in [3.8, 4) is 0 Å². The smallest absolute Gasteiger partial charge is 0.147 e. The van der Waals surface area contributed by atoms with Crippen molar-refractivity contribution in [3.63, 3.8) is 0 Å². The first-order valence-corrected chi connectivity index (χ1v) is 5.44. The van der Waals surface area contributed by atoms with Gasteiger partial charge in [0.05, 0.1) is 12.4 Å². The Bertz CT molecular complexity index is 188. The third kappa shape index (κ3) is 7.77. The van der Waals surface area contributed by atoms with E-state index < -0.39 is 9.84 Å². The zero-order chi connectivity index (χ0) is 8.91. The summed E-state index contributed by atoms with van der Waals surface area (Å²) in [5.74, 6) is 0.136. The second-order valence-corrected chi connectivity index (χ2v) is 4.89. The van der Waals surface area contributed by atoms with Crippen molar-refractivity contribution < 1.29 is 13.2 Å². The molecule has 0 radical (unpaired) electrons. The summed E-state index contributed by atoms with van der Waals surface area (Å²) >= 11 is 0. The highest BCUT2D eigenvalue weighted by molar-refractivity contribution is 7.90. The lowest BCUT2D eigenvalue weighted by Crippen LogP contribution is -2.28. The molecular weight excluding hydrogens is 166 g/mol. The van der Waals surface area contributed by atoms with Crippen LogP contribution >= 0.6 is 0 Å². The Hall–Kier alpha value is -0.130. The van der Waals surface area contributed by atoms with Crippen LogP contribution in [0.2, 0.25) is 0 Å². The van der Waals surface area contributed by atoms with E-state index in [-0.39, 0.29) is 11.8 Å². The Balaban J connectivity index is 3.54. The molecule has 0 spiro atoms. The van der Waals surface area contributed by atoms with Gasteiger partial charge < -0.3 is 10.5 Å². The van der Waals surface area contributed by atoms with Crippen molar-refractivity contribution >= 4 is 9.84 Å². The lowest BCUT2D eigenvalue weighted by atomic mass is 10.3. The van der Waals surface area contributed by atoms with Crippen LogP contribution in [0.4, 0.5) is 0 Å². The van der Waals surface area contributed by atoms with Crippen molar-refractivity contribution in [2.24, 2.45) is 5.73 Å². The van der Waals surface area contributed by atoms with Gasteiger partial charge in [-0.25, -0.2) is 8.42 Å². The fourth-order valence-electron chi connectivity index (χ4n) is 0.663. The molecule has 4 nitrogen and oxygen atoms in total. The number of hydrogen-bond donors (Lipinski definition) is 1. The van der Waals surface area contributed by atoms with Crippen LogP contribution in [0, 0.1) is 0 Å². The Morgan fingerprint density at radius 3 is 2.45 bits per heavy atom. The largest absolute Gasteiger partial charge is 0.383 e. The lowest BCUT2D eigenvalue weighted by molar-refractivity contribution is 0.179. The summed E-state index contributed by atoms with van der Waals surface area (Å²) in [5, 5.41) is 0. The molecule has 0 aliphatic rings. The first-order chi connectivity index (χ1) is 4.95. The third-order valence-corrected chi connectivity index (χ3v) is 2.22. The summed E-state index contributed by atoms with van der Waals surface area (Å²) in [6.07, 6.45) is 1.67. The van der Waals surface area contributed by atoms with Gasteiger partial charge in [0.2, 0.25) is 0 Å². The van der Waals surface area contributed by atoms with Gasteiger partial charge in [-0.3, -0.25) is 0 Å². The van der Waals surface area contributed by atoms with E-state index >= 15 is 0 Å². The fourth-order valence-corrected chi connectivity index (χ4v) is 1.39. The summed E-state index contributed by atoms with van der Waals surface area (Å²) in [6, 6.07) is -0.172. The molecule has 0 heterocycles. The van der Waals surface area contributed by atoms with Crippen LogP contribution in [-0.4, -0.2) is 40.2 Å². The predicted molar refractivity (Wildman–Crippen MR) is 44.2 cm³/mol. The van der Waals surface area contributed by atoms with Gasteiger partial charge in [-0.15, -0.1) is 0 Å². The first kappa shape index (κ1) is 10.9. The molecule has 68 valence electrons. The summed E-state index contributed by atoms with van der Waals surface area (Å²) in [4.78, 5) is 0. The number of methoxy groups -OCH3 is 1. The van der Waals surface area contributed by atoms with Gasteiger partial charge in [-0.2, -0.15) is 0 Å². The molecule has 0 rings (SSSR count). The molecule has 0 unspecified atom stereocenters. The minimum Gasteiger partial charge on any atom is -0.383 e. The van der Waals surface area contributed by atoms with Gasteiger partial charge in [-0.05, 0) is 6.42 Å². The minimum absolute atomic E-state index is 0.136. The average Bonchev–Trinajstić information content (AvgIpc) is 1.83. The third-order valence-electron chi connectivity index (χ3n) is 1.24. The quantitative estimate of drug-likeness (QED) is 0.614. The SMILES string of the molecule is COC[C@@H](N)CCS(C)(=O)=O. The summed E-state index contributed by atoms with van der Waals surface area (Å²) in [7, 11) is -1.33. The molecule has 0 bridgehead atoms. The summed E-state index contributed by atoms with van der Waals surface area (Å²) in [6.45, 7) is 0.412. The molecule has 0 aromatic carbocycles. The zero-order valence-corrected chi connectivity index (χ0v) is 7.73. The summed E-state index contributed by atoms with van der Waals surface area (Å²) in [5.41, 5.74) is 5.50. The molecule has 2 N–H and O–H groups in total. The molecule has 0 aliphatic heterocycles. The number of sulfone groups is 1. The van der Waals surface area contributed by atoms with E-state index in [1.807, 2.05) is 0 Å². The lowest BCUT2D eigenvalue weighted by Gasteiger charge is -2.08. The van der Waals surface area contributed by atoms with E-state index in [0.717, 1.165) is 0 Å². The molecule has 0 aliphatic carbocycles. The molecule has 0 saturated heterocycles. The average molecular weight is 181 g/mol. The highest BCUT2D eigenvalue weighted by Crippen LogP contribution is 1.93. The van der Waals surface area contributed by atoms with Crippen molar-refractivity contribution in [2.45, 2.75) is 12.5 Å². The fraction of sp³-hybridized carbons (Fsp3) is 1.00. The maximum Gasteiger partial charge on any atom is 0.147 e. The van der Waals surface area contributed by atoms with E-state index in [4.69, 9.17) is 10.5 Å². The molecule has 11 heavy (non-hydrogen) atoms. The zero-order valence-electron chi connectivity index (χ0n) is 6.91. The van der Waals surface area contributed by atoms with Crippen molar-refractivity contribution in [3.05, 3.63) is 0 Å². The minimum atomic E-state index is -2.87. The highest BCUT2D eigenvalue weighted by atomic mass is 32.2. The monoisotopic (exact) mass is 181 g/mol. The predicted octanol–water partition coefficient (Wildman–Crippen LogP) is -0.605. The van der Waals surface area contributed by atoms with Gasteiger partial charge in [0, 0.05) is 19.4 Å². The van der Waals surface area contributed by atoms with Crippen LogP contribution in [0.3, 0.4) is 0 Å².